The van der Waals surface area contributed by atoms with E-state index < -0.39 is 0 Å². The van der Waals surface area contributed by atoms with E-state index in [0.717, 1.165) is 41.0 Å². The zero-order chi connectivity index (χ0) is 16.4. The number of pyridine rings is 1. The van der Waals surface area contributed by atoms with Crippen LogP contribution in [-0.2, 0) is 12.8 Å². The molecule has 0 fully saturated rings. The molecule has 5 heteroatoms. The average Bonchev–Trinajstić information content (AvgIpc) is 3.04. The number of aryl methyl sites for hydroxylation is 2. The maximum Gasteiger partial charge on any atom is 0.164 e. The van der Waals surface area contributed by atoms with Crippen LogP contribution >= 0.6 is 0 Å². The summed E-state index contributed by atoms with van der Waals surface area (Å²) >= 11 is 0. The minimum atomic E-state index is -0.205. The fourth-order valence-corrected chi connectivity index (χ4v) is 2.71. The lowest BCUT2D eigenvalue weighted by molar-refractivity contribution is 0.625. The summed E-state index contributed by atoms with van der Waals surface area (Å²) in [6, 6.07) is 14.4. The first-order chi connectivity index (χ1) is 11.8. The quantitative estimate of drug-likeness (QED) is 0.576. The number of benzene rings is 1. The Hall–Kier alpha value is -3.08. The topological polar surface area (TPSA) is 43.1 Å². The number of halogens is 1. The van der Waals surface area contributed by atoms with E-state index in [-0.39, 0.29) is 5.82 Å². The van der Waals surface area contributed by atoms with Crippen LogP contribution in [0.3, 0.4) is 0 Å². The summed E-state index contributed by atoms with van der Waals surface area (Å²) in [5, 5.41) is 4.33. The van der Waals surface area contributed by atoms with E-state index >= 15 is 0 Å². The molecule has 3 aromatic heterocycles. The Morgan fingerprint density at radius 3 is 2.79 bits per heavy atom. The molecule has 0 saturated heterocycles. The number of aromatic nitrogens is 4. The first-order valence-electron chi connectivity index (χ1n) is 7.79. The van der Waals surface area contributed by atoms with E-state index in [4.69, 9.17) is 4.98 Å². The van der Waals surface area contributed by atoms with Crippen molar-refractivity contribution in [1.82, 2.24) is 19.6 Å². The Labute approximate surface area is 138 Å². The molecule has 4 rings (SSSR count). The number of fused-ring (bicyclic) bond motifs is 1. The van der Waals surface area contributed by atoms with E-state index in [1.54, 1.807) is 29.0 Å². The third-order valence-electron chi connectivity index (χ3n) is 3.93. The summed E-state index contributed by atoms with van der Waals surface area (Å²) in [5.41, 5.74) is 4.45. The standard InChI is InChI=1S/C19H15FN4/c20-15-5-3-4-14(12-15)7-8-16-9-11-24-19(23-16)17(13-22-24)18-6-1-2-10-21-18/h1-6,9-13H,7-8H2. The van der Waals surface area contributed by atoms with Crippen LogP contribution in [0.1, 0.15) is 11.3 Å². The molecule has 0 aliphatic rings. The number of hydrogen-bond donors (Lipinski definition) is 0. The second kappa shape index (κ2) is 6.20. The Bertz CT molecular complexity index is 979. The van der Waals surface area contributed by atoms with Gasteiger partial charge in [-0.1, -0.05) is 18.2 Å². The summed E-state index contributed by atoms with van der Waals surface area (Å²) in [6.45, 7) is 0. The molecular weight excluding hydrogens is 303 g/mol. The smallest absolute Gasteiger partial charge is 0.164 e. The van der Waals surface area contributed by atoms with Crippen LogP contribution in [0, 0.1) is 5.82 Å². The minimum Gasteiger partial charge on any atom is -0.256 e. The monoisotopic (exact) mass is 318 g/mol. The van der Waals surface area contributed by atoms with Crippen molar-refractivity contribution >= 4 is 5.65 Å². The van der Waals surface area contributed by atoms with Gasteiger partial charge in [-0.05, 0) is 48.7 Å². The fraction of sp³-hybridized carbons (Fsp3) is 0.105. The molecule has 0 atom stereocenters. The molecule has 0 spiro atoms. The predicted octanol–water partition coefficient (Wildman–Crippen LogP) is 3.72. The van der Waals surface area contributed by atoms with Crippen LogP contribution < -0.4 is 0 Å². The zero-order valence-corrected chi connectivity index (χ0v) is 12.9. The van der Waals surface area contributed by atoms with Crippen molar-refractivity contribution in [2.45, 2.75) is 12.8 Å². The normalized spacial score (nSPS) is 11.0. The summed E-state index contributed by atoms with van der Waals surface area (Å²) in [4.78, 5) is 9.09. The highest BCUT2D eigenvalue weighted by Crippen LogP contribution is 2.21. The minimum absolute atomic E-state index is 0.205. The highest BCUT2D eigenvalue weighted by atomic mass is 19.1. The maximum absolute atomic E-state index is 13.3. The van der Waals surface area contributed by atoms with E-state index in [0.29, 0.717) is 0 Å². The Morgan fingerprint density at radius 1 is 1.00 bits per heavy atom. The van der Waals surface area contributed by atoms with E-state index in [1.807, 2.05) is 36.5 Å². The first kappa shape index (κ1) is 14.5. The lowest BCUT2D eigenvalue weighted by atomic mass is 10.1. The Balaban J connectivity index is 1.63. The van der Waals surface area contributed by atoms with E-state index in [2.05, 4.69) is 10.1 Å². The first-order valence-corrected chi connectivity index (χ1v) is 7.79. The van der Waals surface area contributed by atoms with Crippen molar-refractivity contribution in [1.29, 1.82) is 0 Å². The largest absolute Gasteiger partial charge is 0.256 e. The van der Waals surface area contributed by atoms with Gasteiger partial charge in [0.1, 0.15) is 5.82 Å². The molecule has 0 aliphatic heterocycles. The van der Waals surface area contributed by atoms with Crippen LogP contribution in [0.15, 0.2) is 67.1 Å². The van der Waals surface area contributed by atoms with Crippen molar-refractivity contribution in [3.63, 3.8) is 0 Å². The molecule has 0 amide bonds. The van der Waals surface area contributed by atoms with Gasteiger partial charge in [-0.3, -0.25) is 4.98 Å². The van der Waals surface area contributed by atoms with Gasteiger partial charge in [0.25, 0.3) is 0 Å². The molecule has 118 valence electrons. The zero-order valence-electron chi connectivity index (χ0n) is 12.9. The molecule has 0 N–H and O–H groups in total. The Morgan fingerprint density at radius 2 is 1.96 bits per heavy atom. The van der Waals surface area contributed by atoms with E-state index in [9.17, 15) is 4.39 Å². The van der Waals surface area contributed by atoms with E-state index in [1.165, 1.54) is 6.07 Å². The second-order valence-corrected chi connectivity index (χ2v) is 5.59. The highest BCUT2D eigenvalue weighted by Gasteiger charge is 2.09. The van der Waals surface area contributed by atoms with Crippen molar-refractivity contribution < 1.29 is 4.39 Å². The molecule has 0 unspecified atom stereocenters. The average molecular weight is 318 g/mol. The number of rotatable bonds is 4. The molecule has 0 bridgehead atoms. The lowest BCUT2D eigenvalue weighted by Crippen LogP contribution is -1.99. The second-order valence-electron chi connectivity index (χ2n) is 5.59. The van der Waals surface area contributed by atoms with Crippen molar-refractivity contribution in [2.24, 2.45) is 0 Å². The highest BCUT2D eigenvalue weighted by molar-refractivity contribution is 5.74. The predicted molar refractivity (Wildman–Crippen MR) is 90.0 cm³/mol. The molecule has 0 saturated carbocycles. The summed E-state index contributed by atoms with van der Waals surface area (Å²) in [6.07, 6.45) is 6.92. The van der Waals surface area contributed by atoms with Crippen molar-refractivity contribution in [3.8, 4) is 11.3 Å². The van der Waals surface area contributed by atoms with Gasteiger partial charge >= 0.3 is 0 Å². The lowest BCUT2D eigenvalue weighted by Gasteiger charge is -2.04. The maximum atomic E-state index is 13.3. The van der Waals surface area contributed by atoms with Gasteiger partial charge in [-0.15, -0.1) is 0 Å². The van der Waals surface area contributed by atoms with Gasteiger partial charge in [0, 0.05) is 18.1 Å². The third kappa shape index (κ3) is 2.88. The van der Waals surface area contributed by atoms with Gasteiger partial charge in [-0.25, -0.2) is 13.9 Å². The fourth-order valence-electron chi connectivity index (χ4n) is 2.71. The van der Waals surface area contributed by atoms with Gasteiger partial charge in [-0.2, -0.15) is 5.10 Å². The summed E-state index contributed by atoms with van der Waals surface area (Å²) in [7, 11) is 0. The van der Waals surface area contributed by atoms with Crippen molar-refractivity contribution in [3.05, 3.63) is 84.2 Å². The van der Waals surface area contributed by atoms with Crippen LogP contribution in [0.5, 0.6) is 0 Å². The summed E-state index contributed by atoms with van der Waals surface area (Å²) in [5.74, 6) is -0.205. The molecule has 1 aromatic carbocycles. The van der Waals surface area contributed by atoms with Gasteiger partial charge in [0.15, 0.2) is 5.65 Å². The van der Waals surface area contributed by atoms with Crippen LogP contribution in [0.25, 0.3) is 16.9 Å². The molecule has 3 heterocycles. The van der Waals surface area contributed by atoms with Crippen LogP contribution in [0.2, 0.25) is 0 Å². The molecule has 24 heavy (non-hydrogen) atoms. The molecule has 0 radical (unpaired) electrons. The van der Waals surface area contributed by atoms with Crippen LogP contribution in [-0.4, -0.2) is 19.6 Å². The van der Waals surface area contributed by atoms with Gasteiger partial charge in [0.05, 0.1) is 17.5 Å². The molecular formula is C19H15FN4. The van der Waals surface area contributed by atoms with Gasteiger partial charge < -0.3 is 0 Å². The number of hydrogen-bond acceptors (Lipinski definition) is 3. The summed E-state index contributed by atoms with van der Waals surface area (Å²) < 4.78 is 15.0. The number of nitrogens with zero attached hydrogens (tertiary/aromatic N) is 4. The van der Waals surface area contributed by atoms with Crippen molar-refractivity contribution in [2.75, 3.05) is 0 Å². The molecule has 0 aliphatic carbocycles. The molecule has 4 nitrogen and oxygen atoms in total. The van der Waals surface area contributed by atoms with Crippen LogP contribution in [0.4, 0.5) is 4.39 Å². The third-order valence-corrected chi connectivity index (χ3v) is 3.93. The Kier molecular flexibility index (Phi) is 3.75. The molecule has 4 aromatic rings. The SMILES string of the molecule is Fc1cccc(CCc2ccn3ncc(-c4ccccn4)c3n2)c1. The van der Waals surface area contributed by atoms with Gasteiger partial charge in [0.2, 0.25) is 0 Å².